The molecule has 0 fully saturated rings. The summed E-state index contributed by atoms with van der Waals surface area (Å²) in [4.78, 5) is 25.4. The van der Waals surface area contributed by atoms with Crippen molar-refractivity contribution >= 4 is 12.0 Å². The van der Waals surface area contributed by atoms with Crippen molar-refractivity contribution in [2.45, 2.75) is 32.7 Å². The molecule has 0 aliphatic carbocycles. The quantitative estimate of drug-likeness (QED) is 0.689. The number of carboxylic acid groups (broad SMARTS) is 1. The third-order valence-corrected chi connectivity index (χ3v) is 2.42. The largest absolute Gasteiger partial charge is 0.481 e. The molecule has 2 N–H and O–H groups in total. The molecule has 0 aliphatic heterocycles. The molecule has 0 bridgehead atoms. The number of nitrogens with zero attached hydrogens (tertiary/aromatic N) is 2. The number of hydrogen-bond donors (Lipinski definition) is 2. The number of urea groups is 1. The maximum atomic E-state index is 11.9. The van der Waals surface area contributed by atoms with Crippen molar-refractivity contribution in [3.05, 3.63) is 0 Å². The third kappa shape index (κ3) is 6.11. The van der Waals surface area contributed by atoms with Gasteiger partial charge in [0.15, 0.2) is 0 Å². The van der Waals surface area contributed by atoms with Gasteiger partial charge in [0.2, 0.25) is 0 Å². The highest BCUT2D eigenvalue weighted by Crippen LogP contribution is 2.06. The fourth-order valence-corrected chi connectivity index (χ4v) is 1.44. The molecule has 0 aromatic carbocycles. The summed E-state index contributed by atoms with van der Waals surface area (Å²) in [6, 6.07) is -0.170. The zero-order chi connectivity index (χ0) is 13.4. The standard InChI is InChI=1S/C11H22N2O4/c1-9(2)13(6-4-5-10(15)16)11(17)12(3)7-8-14/h9,14H,4-8H2,1-3H3,(H,15,16). The number of aliphatic carboxylic acids is 1. The van der Waals surface area contributed by atoms with Gasteiger partial charge in [-0.15, -0.1) is 0 Å². The van der Waals surface area contributed by atoms with Gasteiger partial charge < -0.3 is 20.0 Å². The van der Waals surface area contributed by atoms with E-state index in [2.05, 4.69) is 0 Å². The van der Waals surface area contributed by atoms with Crippen LogP contribution < -0.4 is 0 Å². The van der Waals surface area contributed by atoms with Crippen LogP contribution in [0, 0.1) is 0 Å². The van der Waals surface area contributed by atoms with Gasteiger partial charge in [-0.05, 0) is 20.3 Å². The third-order valence-electron chi connectivity index (χ3n) is 2.42. The second kappa shape index (κ2) is 7.89. The van der Waals surface area contributed by atoms with Crippen LogP contribution in [0.25, 0.3) is 0 Å². The van der Waals surface area contributed by atoms with E-state index in [4.69, 9.17) is 10.2 Å². The smallest absolute Gasteiger partial charge is 0.320 e. The van der Waals surface area contributed by atoms with Crippen LogP contribution in [0.5, 0.6) is 0 Å². The van der Waals surface area contributed by atoms with Gasteiger partial charge in [0.05, 0.1) is 6.61 Å². The Labute approximate surface area is 102 Å². The molecule has 17 heavy (non-hydrogen) atoms. The highest BCUT2D eigenvalue weighted by atomic mass is 16.4. The summed E-state index contributed by atoms with van der Waals surface area (Å²) >= 11 is 0. The number of carbonyl (C=O) groups is 2. The Bertz CT molecular complexity index is 256. The topological polar surface area (TPSA) is 81.1 Å². The number of aliphatic hydroxyl groups excluding tert-OH is 1. The highest BCUT2D eigenvalue weighted by Gasteiger charge is 2.20. The van der Waals surface area contributed by atoms with Gasteiger partial charge in [-0.2, -0.15) is 0 Å². The highest BCUT2D eigenvalue weighted by molar-refractivity contribution is 5.74. The molecule has 0 rings (SSSR count). The van der Waals surface area contributed by atoms with E-state index in [1.807, 2.05) is 13.8 Å². The van der Waals surface area contributed by atoms with Crippen molar-refractivity contribution in [1.82, 2.24) is 9.80 Å². The molecule has 6 heteroatoms. The maximum Gasteiger partial charge on any atom is 0.320 e. The van der Waals surface area contributed by atoms with Crippen LogP contribution in [-0.4, -0.2) is 64.8 Å². The lowest BCUT2D eigenvalue weighted by molar-refractivity contribution is -0.137. The number of likely N-dealkylation sites (N-methyl/N-ethyl adjacent to an activating group) is 1. The first-order chi connectivity index (χ1) is 7.90. The van der Waals surface area contributed by atoms with E-state index in [0.29, 0.717) is 13.0 Å². The number of carboxylic acids is 1. The molecule has 0 aromatic heterocycles. The van der Waals surface area contributed by atoms with Gasteiger partial charge in [0.25, 0.3) is 0 Å². The van der Waals surface area contributed by atoms with Crippen LogP contribution in [0.2, 0.25) is 0 Å². The second-order valence-electron chi connectivity index (χ2n) is 4.21. The molecule has 100 valence electrons. The summed E-state index contributed by atoms with van der Waals surface area (Å²) in [7, 11) is 1.62. The predicted molar refractivity (Wildman–Crippen MR) is 63.8 cm³/mol. The number of carbonyl (C=O) groups excluding carboxylic acids is 1. The summed E-state index contributed by atoms with van der Waals surface area (Å²) < 4.78 is 0. The van der Waals surface area contributed by atoms with Crippen molar-refractivity contribution < 1.29 is 19.8 Å². The summed E-state index contributed by atoms with van der Waals surface area (Å²) in [6.45, 7) is 4.37. The van der Waals surface area contributed by atoms with Crippen molar-refractivity contribution in [1.29, 1.82) is 0 Å². The van der Waals surface area contributed by atoms with Gasteiger partial charge >= 0.3 is 12.0 Å². The Morgan fingerprint density at radius 1 is 1.24 bits per heavy atom. The molecule has 0 radical (unpaired) electrons. The number of hydrogen-bond acceptors (Lipinski definition) is 3. The van der Waals surface area contributed by atoms with Crippen LogP contribution in [0.15, 0.2) is 0 Å². The van der Waals surface area contributed by atoms with Crippen LogP contribution in [-0.2, 0) is 4.79 Å². The summed E-state index contributed by atoms with van der Waals surface area (Å²) in [5.74, 6) is -0.857. The second-order valence-corrected chi connectivity index (χ2v) is 4.21. The monoisotopic (exact) mass is 246 g/mol. The van der Waals surface area contributed by atoms with E-state index in [1.165, 1.54) is 4.90 Å². The minimum absolute atomic E-state index is 0.0115. The van der Waals surface area contributed by atoms with Crippen molar-refractivity contribution in [3.63, 3.8) is 0 Å². The SMILES string of the molecule is CC(C)N(CCCC(=O)O)C(=O)N(C)CCO. The molecule has 0 saturated heterocycles. The van der Waals surface area contributed by atoms with E-state index < -0.39 is 5.97 Å². The number of aliphatic hydroxyl groups is 1. The minimum atomic E-state index is -0.857. The van der Waals surface area contributed by atoms with Crippen LogP contribution in [0.3, 0.4) is 0 Å². The molecule has 0 saturated carbocycles. The lowest BCUT2D eigenvalue weighted by atomic mass is 10.2. The Balaban J connectivity index is 4.31. The fraction of sp³-hybridized carbons (Fsp3) is 0.818. The van der Waals surface area contributed by atoms with E-state index in [-0.39, 0.29) is 31.6 Å². The Morgan fingerprint density at radius 3 is 2.24 bits per heavy atom. The predicted octanol–water partition coefficient (Wildman–Crippen LogP) is 0.606. The normalized spacial score (nSPS) is 10.4. The summed E-state index contributed by atoms with van der Waals surface area (Å²) in [5, 5.41) is 17.3. The Morgan fingerprint density at radius 2 is 1.82 bits per heavy atom. The van der Waals surface area contributed by atoms with Crippen LogP contribution in [0.1, 0.15) is 26.7 Å². The van der Waals surface area contributed by atoms with Crippen molar-refractivity contribution in [2.75, 3.05) is 26.7 Å². The van der Waals surface area contributed by atoms with Crippen LogP contribution in [0.4, 0.5) is 4.79 Å². The molecule has 0 heterocycles. The van der Waals surface area contributed by atoms with E-state index in [0.717, 1.165) is 0 Å². The average Bonchev–Trinajstić information content (AvgIpc) is 2.23. The van der Waals surface area contributed by atoms with Crippen LogP contribution >= 0.6 is 0 Å². The molecular weight excluding hydrogens is 224 g/mol. The first kappa shape index (κ1) is 15.7. The molecule has 0 aliphatic rings. The summed E-state index contributed by atoms with van der Waals surface area (Å²) in [6.07, 6.45) is 0.492. The van der Waals surface area contributed by atoms with Gasteiger partial charge in [-0.1, -0.05) is 0 Å². The Hall–Kier alpha value is -1.30. The number of rotatable bonds is 7. The summed E-state index contributed by atoms with van der Waals surface area (Å²) in [5.41, 5.74) is 0. The zero-order valence-corrected chi connectivity index (χ0v) is 10.7. The first-order valence-corrected chi connectivity index (χ1v) is 5.74. The molecule has 0 atom stereocenters. The van der Waals surface area contributed by atoms with E-state index >= 15 is 0 Å². The molecule has 0 spiro atoms. The fourth-order valence-electron chi connectivity index (χ4n) is 1.44. The maximum absolute atomic E-state index is 11.9. The lowest BCUT2D eigenvalue weighted by Gasteiger charge is -2.31. The lowest BCUT2D eigenvalue weighted by Crippen LogP contribution is -2.46. The minimum Gasteiger partial charge on any atom is -0.481 e. The van der Waals surface area contributed by atoms with Crippen molar-refractivity contribution in [2.24, 2.45) is 0 Å². The van der Waals surface area contributed by atoms with Crippen molar-refractivity contribution in [3.8, 4) is 0 Å². The van der Waals surface area contributed by atoms with Gasteiger partial charge in [0.1, 0.15) is 0 Å². The zero-order valence-electron chi connectivity index (χ0n) is 10.7. The van der Waals surface area contributed by atoms with Gasteiger partial charge in [-0.25, -0.2) is 4.79 Å². The van der Waals surface area contributed by atoms with Gasteiger partial charge in [-0.3, -0.25) is 4.79 Å². The Kier molecular flexibility index (Phi) is 7.29. The molecule has 6 nitrogen and oxygen atoms in total. The van der Waals surface area contributed by atoms with Gasteiger partial charge in [0, 0.05) is 32.6 Å². The van der Waals surface area contributed by atoms with E-state index in [1.54, 1.807) is 11.9 Å². The van der Waals surface area contributed by atoms with E-state index in [9.17, 15) is 9.59 Å². The molecular formula is C11H22N2O4. The molecule has 0 unspecified atom stereocenters. The average molecular weight is 246 g/mol. The first-order valence-electron chi connectivity index (χ1n) is 5.74. The number of amides is 2. The molecule has 2 amide bonds. The molecule has 0 aromatic rings.